The Labute approximate surface area is 189 Å². The van der Waals surface area contributed by atoms with E-state index in [0.717, 1.165) is 35.5 Å². The average molecular weight is 433 g/mol. The third-order valence-corrected chi connectivity index (χ3v) is 5.85. The SMILES string of the molecule is Cc1ccc(OCc2cccc(C(=O)N3CCN(Cc4cccc(F)c4)CC3)c2)c(C)c1. The fourth-order valence-electron chi connectivity index (χ4n) is 4.10. The molecule has 1 saturated heterocycles. The summed E-state index contributed by atoms with van der Waals surface area (Å²) >= 11 is 0. The number of carbonyl (C=O) groups is 1. The quantitative estimate of drug-likeness (QED) is 0.551. The van der Waals surface area contributed by atoms with E-state index in [0.29, 0.717) is 31.8 Å². The second-order valence-electron chi connectivity index (χ2n) is 8.46. The van der Waals surface area contributed by atoms with Crippen molar-refractivity contribution in [3.8, 4) is 5.75 Å². The van der Waals surface area contributed by atoms with Gasteiger partial charge in [-0.1, -0.05) is 42.0 Å². The molecule has 0 saturated carbocycles. The molecule has 3 aromatic carbocycles. The van der Waals surface area contributed by atoms with E-state index in [9.17, 15) is 9.18 Å². The monoisotopic (exact) mass is 432 g/mol. The van der Waals surface area contributed by atoms with E-state index in [2.05, 4.69) is 17.9 Å². The summed E-state index contributed by atoms with van der Waals surface area (Å²) < 4.78 is 19.4. The molecule has 0 aliphatic carbocycles. The normalized spacial score (nSPS) is 14.4. The maximum absolute atomic E-state index is 13.4. The number of carbonyl (C=O) groups excluding carboxylic acids is 1. The minimum Gasteiger partial charge on any atom is -0.489 e. The van der Waals surface area contributed by atoms with E-state index >= 15 is 0 Å². The Kier molecular flexibility index (Phi) is 6.86. The Balaban J connectivity index is 1.32. The minimum absolute atomic E-state index is 0.0452. The van der Waals surface area contributed by atoms with Gasteiger partial charge in [0, 0.05) is 38.3 Å². The minimum atomic E-state index is -0.210. The van der Waals surface area contributed by atoms with Crippen molar-refractivity contribution in [2.24, 2.45) is 0 Å². The number of hydrogen-bond donors (Lipinski definition) is 0. The number of hydrogen-bond acceptors (Lipinski definition) is 3. The summed E-state index contributed by atoms with van der Waals surface area (Å²) in [7, 11) is 0. The van der Waals surface area contributed by atoms with Gasteiger partial charge in [0.25, 0.3) is 5.91 Å². The first-order valence-electron chi connectivity index (χ1n) is 11.0. The molecule has 5 heteroatoms. The number of ether oxygens (including phenoxy) is 1. The van der Waals surface area contributed by atoms with Gasteiger partial charge in [-0.2, -0.15) is 0 Å². The zero-order valence-corrected chi connectivity index (χ0v) is 18.7. The van der Waals surface area contributed by atoms with Crippen molar-refractivity contribution in [2.75, 3.05) is 26.2 Å². The third kappa shape index (κ3) is 5.54. The van der Waals surface area contributed by atoms with Crippen LogP contribution in [0.5, 0.6) is 5.75 Å². The second kappa shape index (κ2) is 9.96. The molecule has 0 bridgehead atoms. The highest BCUT2D eigenvalue weighted by Gasteiger charge is 2.22. The summed E-state index contributed by atoms with van der Waals surface area (Å²) in [4.78, 5) is 17.2. The Morgan fingerprint density at radius 2 is 1.66 bits per heavy atom. The number of benzene rings is 3. The van der Waals surface area contributed by atoms with Gasteiger partial charge in [0.2, 0.25) is 0 Å². The maximum Gasteiger partial charge on any atom is 0.253 e. The van der Waals surface area contributed by atoms with Crippen molar-refractivity contribution in [3.63, 3.8) is 0 Å². The van der Waals surface area contributed by atoms with Crippen LogP contribution in [-0.2, 0) is 13.2 Å². The molecular formula is C27H29FN2O2. The average Bonchev–Trinajstić information content (AvgIpc) is 2.79. The summed E-state index contributed by atoms with van der Waals surface area (Å²) in [6, 6.07) is 20.5. The molecule has 1 aliphatic rings. The van der Waals surface area contributed by atoms with Gasteiger partial charge in [-0.3, -0.25) is 9.69 Å². The van der Waals surface area contributed by atoms with Gasteiger partial charge in [-0.15, -0.1) is 0 Å². The van der Waals surface area contributed by atoms with Crippen molar-refractivity contribution in [1.29, 1.82) is 0 Å². The van der Waals surface area contributed by atoms with Crippen molar-refractivity contribution < 1.29 is 13.9 Å². The highest BCUT2D eigenvalue weighted by atomic mass is 19.1. The smallest absolute Gasteiger partial charge is 0.253 e. The largest absolute Gasteiger partial charge is 0.489 e. The number of piperazine rings is 1. The molecule has 166 valence electrons. The van der Waals surface area contributed by atoms with Crippen LogP contribution in [-0.4, -0.2) is 41.9 Å². The first-order chi connectivity index (χ1) is 15.5. The molecule has 0 spiro atoms. The van der Waals surface area contributed by atoms with Crippen LogP contribution in [0.1, 0.15) is 32.6 Å². The molecule has 0 aromatic heterocycles. The molecule has 1 amide bonds. The van der Waals surface area contributed by atoms with E-state index in [4.69, 9.17) is 4.74 Å². The predicted octanol–water partition coefficient (Wildman–Crippen LogP) is 4.98. The molecular weight excluding hydrogens is 403 g/mol. The van der Waals surface area contributed by atoms with Crippen LogP contribution in [0.15, 0.2) is 66.7 Å². The van der Waals surface area contributed by atoms with E-state index in [1.807, 2.05) is 54.3 Å². The van der Waals surface area contributed by atoms with E-state index in [1.165, 1.54) is 11.6 Å². The first kappa shape index (κ1) is 22.0. The third-order valence-electron chi connectivity index (χ3n) is 5.85. The van der Waals surface area contributed by atoms with E-state index < -0.39 is 0 Å². The van der Waals surface area contributed by atoms with Crippen LogP contribution in [0.4, 0.5) is 4.39 Å². The number of amides is 1. The fourth-order valence-corrected chi connectivity index (χ4v) is 4.10. The lowest BCUT2D eigenvalue weighted by atomic mass is 10.1. The first-order valence-corrected chi connectivity index (χ1v) is 11.0. The van der Waals surface area contributed by atoms with Gasteiger partial charge in [-0.25, -0.2) is 4.39 Å². The Bertz CT molecular complexity index is 1090. The summed E-state index contributed by atoms with van der Waals surface area (Å²) in [5.74, 6) is 0.697. The van der Waals surface area contributed by atoms with Gasteiger partial charge >= 0.3 is 0 Å². The fraction of sp³-hybridized carbons (Fsp3) is 0.296. The lowest BCUT2D eigenvalue weighted by Gasteiger charge is -2.34. The molecule has 1 heterocycles. The molecule has 32 heavy (non-hydrogen) atoms. The van der Waals surface area contributed by atoms with Crippen LogP contribution in [0, 0.1) is 19.7 Å². The van der Waals surface area contributed by atoms with Crippen molar-refractivity contribution >= 4 is 5.91 Å². The standard InChI is InChI=1S/C27H29FN2O2/c1-20-9-10-26(21(2)15-20)32-19-23-6-3-7-24(16-23)27(31)30-13-11-29(12-14-30)18-22-5-4-8-25(28)17-22/h3-10,15-17H,11-14,18-19H2,1-2H3. The van der Waals surface area contributed by atoms with Gasteiger partial charge in [0.15, 0.2) is 0 Å². The molecule has 3 aromatic rings. The van der Waals surface area contributed by atoms with Crippen LogP contribution in [0.25, 0.3) is 0 Å². The zero-order chi connectivity index (χ0) is 22.5. The van der Waals surface area contributed by atoms with Gasteiger partial charge in [0.05, 0.1) is 0 Å². The van der Waals surface area contributed by atoms with Crippen LogP contribution in [0.2, 0.25) is 0 Å². The number of halogens is 1. The highest BCUT2D eigenvalue weighted by Crippen LogP contribution is 2.21. The number of rotatable bonds is 6. The Hall–Kier alpha value is -3.18. The molecule has 0 radical (unpaired) electrons. The summed E-state index contributed by atoms with van der Waals surface area (Å²) in [6.07, 6.45) is 0. The number of aryl methyl sites for hydroxylation is 2. The Morgan fingerprint density at radius 3 is 2.41 bits per heavy atom. The maximum atomic E-state index is 13.4. The van der Waals surface area contributed by atoms with Gasteiger partial charge in [0.1, 0.15) is 18.2 Å². The van der Waals surface area contributed by atoms with E-state index in [-0.39, 0.29) is 11.7 Å². The summed E-state index contributed by atoms with van der Waals surface area (Å²) in [5.41, 5.74) is 4.93. The molecule has 0 unspecified atom stereocenters. The lowest BCUT2D eigenvalue weighted by molar-refractivity contribution is 0.0628. The van der Waals surface area contributed by atoms with Crippen LogP contribution < -0.4 is 4.74 Å². The lowest BCUT2D eigenvalue weighted by Crippen LogP contribution is -2.48. The predicted molar refractivity (Wildman–Crippen MR) is 124 cm³/mol. The molecule has 0 atom stereocenters. The number of nitrogens with zero attached hydrogens (tertiary/aromatic N) is 2. The summed E-state index contributed by atoms with van der Waals surface area (Å²) in [6.45, 7) is 8.10. The molecule has 1 fully saturated rings. The van der Waals surface area contributed by atoms with E-state index in [1.54, 1.807) is 12.1 Å². The van der Waals surface area contributed by atoms with Gasteiger partial charge < -0.3 is 9.64 Å². The molecule has 0 N–H and O–H groups in total. The van der Waals surface area contributed by atoms with Crippen molar-refractivity contribution in [3.05, 3.63) is 100 Å². The zero-order valence-electron chi connectivity index (χ0n) is 18.7. The molecule has 4 rings (SSSR count). The molecule has 1 aliphatic heterocycles. The Morgan fingerprint density at radius 1 is 0.906 bits per heavy atom. The topological polar surface area (TPSA) is 32.8 Å². The molecule has 4 nitrogen and oxygen atoms in total. The van der Waals surface area contributed by atoms with Crippen molar-refractivity contribution in [2.45, 2.75) is 27.0 Å². The highest BCUT2D eigenvalue weighted by molar-refractivity contribution is 5.94. The van der Waals surface area contributed by atoms with Gasteiger partial charge in [-0.05, 0) is 60.9 Å². The van der Waals surface area contributed by atoms with Crippen LogP contribution in [0.3, 0.4) is 0 Å². The summed E-state index contributed by atoms with van der Waals surface area (Å²) in [5, 5.41) is 0. The van der Waals surface area contributed by atoms with Crippen LogP contribution >= 0.6 is 0 Å². The second-order valence-corrected chi connectivity index (χ2v) is 8.46. The van der Waals surface area contributed by atoms with Crippen molar-refractivity contribution in [1.82, 2.24) is 9.80 Å².